The minimum atomic E-state index is -0.596. The van der Waals surface area contributed by atoms with E-state index >= 15 is 0 Å². The molecule has 1 aromatic rings. The van der Waals surface area contributed by atoms with Crippen molar-refractivity contribution >= 4 is 27.5 Å². The number of aliphatic hydroxyl groups excluding tert-OH is 1. The highest BCUT2D eigenvalue weighted by Gasteiger charge is 2.16. The maximum absolute atomic E-state index is 9.61. The summed E-state index contributed by atoms with van der Waals surface area (Å²) in [6, 6.07) is 1.75. The van der Waals surface area contributed by atoms with Gasteiger partial charge in [0.2, 0.25) is 0 Å². The quantitative estimate of drug-likeness (QED) is 0.917. The zero-order valence-electron chi connectivity index (χ0n) is 8.97. The standard InChI is InChI=1S/C11H14BrClO2/c1-4-15-11-8(7(3)14)5-9(13)6(2)10(11)12/h5,7,14H,4H2,1-3H3/t7-/m1/s1. The number of hydrogen-bond acceptors (Lipinski definition) is 2. The van der Waals surface area contributed by atoms with E-state index in [1.807, 2.05) is 13.8 Å². The molecule has 0 radical (unpaired) electrons. The molecule has 15 heavy (non-hydrogen) atoms. The molecule has 0 saturated carbocycles. The van der Waals surface area contributed by atoms with Gasteiger partial charge >= 0.3 is 0 Å². The molecule has 0 saturated heterocycles. The first-order valence-corrected chi connectivity index (χ1v) is 5.95. The number of halogens is 2. The molecule has 1 N–H and O–H groups in total. The second kappa shape index (κ2) is 5.19. The van der Waals surface area contributed by atoms with Gasteiger partial charge in [0.05, 0.1) is 17.2 Å². The zero-order chi connectivity index (χ0) is 11.6. The molecule has 1 aromatic carbocycles. The van der Waals surface area contributed by atoms with Gasteiger partial charge in [0.1, 0.15) is 5.75 Å². The summed E-state index contributed by atoms with van der Waals surface area (Å²) in [6.45, 7) is 6.05. The molecule has 0 aliphatic carbocycles. The minimum absolute atomic E-state index is 0.555. The molecule has 0 unspecified atom stereocenters. The Bertz CT molecular complexity index is 364. The fourth-order valence-corrected chi connectivity index (χ4v) is 2.20. The topological polar surface area (TPSA) is 29.5 Å². The van der Waals surface area contributed by atoms with E-state index in [9.17, 15) is 5.11 Å². The fourth-order valence-electron chi connectivity index (χ4n) is 1.31. The highest BCUT2D eigenvalue weighted by Crippen LogP contribution is 2.39. The highest BCUT2D eigenvalue weighted by molar-refractivity contribution is 9.10. The fraction of sp³-hybridized carbons (Fsp3) is 0.455. The van der Waals surface area contributed by atoms with Crippen LogP contribution < -0.4 is 4.74 Å². The lowest BCUT2D eigenvalue weighted by Crippen LogP contribution is -2.02. The molecule has 1 atom stereocenters. The predicted molar refractivity (Wildman–Crippen MR) is 65.7 cm³/mol. The third-order valence-corrected chi connectivity index (χ3v) is 3.52. The van der Waals surface area contributed by atoms with Crippen molar-refractivity contribution in [2.24, 2.45) is 0 Å². The highest BCUT2D eigenvalue weighted by atomic mass is 79.9. The van der Waals surface area contributed by atoms with Crippen molar-refractivity contribution in [1.29, 1.82) is 0 Å². The first kappa shape index (κ1) is 12.8. The summed E-state index contributed by atoms with van der Waals surface area (Å²) in [5.74, 6) is 0.675. The van der Waals surface area contributed by atoms with Gasteiger partial charge in [0, 0.05) is 10.6 Å². The molecule has 0 aromatic heterocycles. The van der Waals surface area contributed by atoms with Crippen LogP contribution in [0.1, 0.15) is 31.1 Å². The van der Waals surface area contributed by atoms with Crippen molar-refractivity contribution in [3.63, 3.8) is 0 Å². The van der Waals surface area contributed by atoms with Gasteiger partial charge in [-0.25, -0.2) is 0 Å². The Morgan fingerprint density at radius 3 is 2.67 bits per heavy atom. The molecule has 0 heterocycles. The van der Waals surface area contributed by atoms with Gasteiger partial charge < -0.3 is 9.84 Å². The van der Waals surface area contributed by atoms with Gasteiger partial charge in [-0.2, -0.15) is 0 Å². The summed E-state index contributed by atoms with van der Waals surface area (Å²) in [4.78, 5) is 0. The van der Waals surface area contributed by atoms with E-state index in [0.29, 0.717) is 22.9 Å². The number of rotatable bonds is 3. The van der Waals surface area contributed by atoms with Gasteiger partial charge in [0.25, 0.3) is 0 Å². The summed E-state index contributed by atoms with van der Waals surface area (Å²) in [6.07, 6.45) is -0.596. The molecular formula is C11H14BrClO2. The van der Waals surface area contributed by atoms with E-state index in [2.05, 4.69) is 15.9 Å². The van der Waals surface area contributed by atoms with Gasteiger partial charge in [0.15, 0.2) is 0 Å². The van der Waals surface area contributed by atoms with Crippen molar-refractivity contribution in [2.45, 2.75) is 26.9 Å². The van der Waals surface area contributed by atoms with Crippen molar-refractivity contribution in [2.75, 3.05) is 6.61 Å². The Hall–Kier alpha value is -0.250. The van der Waals surface area contributed by atoms with Crippen LogP contribution in [0.4, 0.5) is 0 Å². The third-order valence-electron chi connectivity index (χ3n) is 2.17. The van der Waals surface area contributed by atoms with Gasteiger partial charge in [-0.3, -0.25) is 0 Å². The first-order chi connectivity index (χ1) is 6.99. The van der Waals surface area contributed by atoms with E-state index in [-0.39, 0.29) is 0 Å². The van der Waals surface area contributed by atoms with Crippen LogP contribution in [0.2, 0.25) is 5.02 Å². The van der Waals surface area contributed by atoms with E-state index in [4.69, 9.17) is 16.3 Å². The first-order valence-electron chi connectivity index (χ1n) is 4.78. The Kier molecular flexibility index (Phi) is 4.44. The Morgan fingerprint density at radius 1 is 1.60 bits per heavy atom. The molecule has 2 nitrogen and oxygen atoms in total. The SMILES string of the molecule is CCOc1c([C@@H](C)O)cc(Cl)c(C)c1Br. The Balaban J connectivity index is 3.36. The van der Waals surface area contributed by atoms with E-state index in [1.165, 1.54) is 0 Å². The largest absolute Gasteiger partial charge is 0.492 e. The average Bonchev–Trinajstić information content (AvgIpc) is 2.18. The van der Waals surface area contributed by atoms with Gasteiger partial charge in [-0.1, -0.05) is 11.6 Å². The average molecular weight is 294 g/mol. The van der Waals surface area contributed by atoms with Crippen LogP contribution in [-0.2, 0) is 0 Å². The molecule has 1 rings (SSSR count). The summed E-state index contributed by atoms with van der Waals surface area (Å²) in [7, 11) is 0. The Morgan fingerprint density at radius 2 is 2.20 bits per heavy atom. The number of hydrogen-bond donors (Lipinski definition) is 1. The van der Waals surface area contributed by atoms with Gasteiger partial charge in [-0.05, 0) is 48.3 Å². The van der Waals surface area contributed by atoms with E-state index in [0.717, 1.165) is 10.0 Å². The lowest BCUT2D eigenvalue weighted by molar-refractivity contribution is 0.192. The van der Waals surface area contributed by atoms with Crippen molar-refractivity contribution in [3.05, 3.63) is 26.7 Å². The lowest BCUT2D eigenvalue weighted by atomic mass is 10.1. The minimum Gasteiger partial charge on any atom is -0.492 e. The lowest BCUT2D eigenvalue weighted by Gasteiger charge is -2.16. The molecule has 0 aliphatic heterocycles. The molecule has 0 bridgehead atoms. The molecule has 0 spiro atoms. The van der Waals surface area contributed by atoms with E-state index in [1.54, 1.807) is 13.0 Å². The number of ether oxygens (including phenoxy) is 1. The summed E-state index contributed by atoms with van der Waals surface area (Å²) < 4.78 is 6.31. The molecule has 0 fully saturated rings. The Labute approximate surface area is 103 Å². The maximum atomic E-state index is 9.61. The normalized spacial score (nSPS) is 12.7. The molecule has 0 aliphatic rings. The van der Waals surface area contributed by atoms with Crippen molar-refractivity contribution < 1.29 is 9.84 Å². The van der Waals surface area contributed by atoms with Crippen LogP contribution in [0.5, 0.6) is 5.75 Å². The second-order valence-electron chi connectivity index (χ2n) is 3.32. The number of benzene rings is 1. The monoisotopic (exact) mass is 292 g/mol. The maximum Gasteiger partial charge on any atom is 0.139 e. The molecular weight excluding hydrogens is 279 g/mol. The second-order valence-corrected chi connectivity index (χ2v) is 4.52. The van der Waals surface area contributed by atoms with Crippen molar-refractivity contribution in [3.8, 4) is 5.75 Å². The van der Waals surface area contributed by atoms with Gasteiger partial charge in [-0.15, -0.1) is 0 Å². The van der Waals surface area contributed by atoms with Crippen LogP contribution >= 0.6 is 27.5 Å². The third kappa shape index (κ3) is 2.65. The molecule has 4 heteroatoms. The predicted octanol–water partition coefficient (Wildman–Crippen LogP) is 3.86. The summed E-state index contributed by atoms with van der Waals surface area (Å²) in [5.41, 5.74) is 1.63. The van der Waals surface area contributed by atoms with Crippen LogP contribution in [0, 0.1) is 6.92 Å². The summed E-state index contributed by atoms with van der Waals surface area (Å²) >= 11 is 9.47. The van der Waals surface area contributed by atoms with Crippen LogP contribution in [0.3, 0.4) is 0 Å². The van der Waals surface area contributed by atoms with Crippen LogP contribution in [-0.4, -0.2) is 11.7 Å². The number of aliphatic hydroxyl groups is 1. The molecule has 0 amide bonds. The molecule has 84 valence electrons. The summed E-state index contributed by atoms with van der Waals surface area (Å²) in [5, 5.41) is 10.2. The van der Waals surface area contributed by atoms with Crippen LogP contribution in [0.25, 0.3) is 0 Å². The van der Waals surface area contributed by atoms with Crippen molar-refractivity contribution in [1.82, 2.24) is 0 Å². The van der Waals surface area contributed by atoms with Crippen LogP contribution in [0.15, 0.2) is 10.5 Å². The smallest absolute Gasteiger partial charge is 0.139 e. The zero-order valence-corrected chi connectivity index (χ0v) is 11.3. The van der Waals surface area contributed by atoms with E-state index < -0.39 is 6.10 Å².